The number of aliphatic hydroxyl groups is 1. The van der Waals surface area contributed by atoms with Gasteiger partial charge >= 0.3 is 0 Å². The molecule has 98 valence electrons. The maximum atomic E-state index is 8.99. The third kappa shape index (κ3) is 2.70. The normalized spacial score (nSPS) is 11.3. The van der Waals surface area contributed by atoms with Crippen LogP contribution >= 0.6 is 0 Å². The first-order valence-electron chi connectivity index (χ1n) is 6.69. The topological polar surface area (TPSA) is 50.9 Å². The van der Waals surface area contributed by atoms with Crippen LogP contribution in [0.3, 0.4) is 0 Å². The number of aliphatic hydroxyl groups excluding tert-OH is 1. The van der Waals surface area contributed by atoms with Crippen molar-refractivity contribution in [3.05, 3.63) is 23.7 Å². The van der Waals surface area contributed by atoms with Gasteiger partial charge in [-0.3, -0.25) is 0 Å². The van der Waals surface area contributed by atoms with Gasteiger partial charge < -0.3 is 9.67 Å². The first kappa shape index (κ1) is 13.0. The average molecular weight is 247 g/mol. The minimum Gasteiger partial charge on any atom is -0.396 e. The van der Waals surface area contributed by atoms with Crippen molar-refractivity contribution >= 4 is 11.2 Å². The number of aryl methyl sites for hydroxylation is 3. The summed E-state index contributed by atoms with van der Waals surface area (Å²) in [6, 6.07) is 2.08. The highest BCUT2D eigenvalue weighted by Crippen LogP contribution is 2.17. The fourth-order valence-electron chi connectivity index (χ4n) is 2.15. The van der Waals surface area contributed by atoms with Crippen molar-refractivity contribution in [3.8, 4) is 0 Å². The summed E-state index contributed by atoms with van der Waals surface area (Å²) in [4.78, 5) is 9.16. The van der Waals surface area contributed by atoms with Gasteiger partial charge in [-0.25, -0.2) is 9.97 Å². The summed E-state index contributed by atoms with van der Waals surface area (Å²) < 4.78 is 2.15. The molecule has 2 heterocycles. The Bertz CT molecular complexity index is 519. The van der Waals surface area contributed by atoms with Crippen LogP contribution in [0.1, 0.15) is 37.6 Å². The van der Waals surface area contributed by atoms with E-state index >= 15 is 0 Å². The van der Waals surface area contributed by atoms with Gasteiger partial charge in [0.15, 0.2) is 5.65 Å². The molecule has 0 aliphatic rings. The van der Waals surface area contributed by atoms with Crippen molar-refractivity contribution in [2.45, 2.75) is 46.1 Å². The molecule has 0 amide bonds. The van der Waals surface area contributed by atoms with E-state index in [0.717, 1.165) is 54.8 Å². The van der Waals surface area contributed by atoms with Crippen LogP contribution < -0.4 is 0 Å². The van der Waals surface area contributed by atoms with Crippen LogP contribution in [0.15, 0.2) is 12.3 Å². The largest absolute Gasteiger partial charge is 0.396 e. The molecule has 1 N–H and O–H groups in total. The van der Waals surface area contributed by atoms with Crippen molar-refractivity contribution in [1.29, 1.82) is 0 Å². The Morgan fingerprint density at radius 2 is 2.17 bits per heavy atom. The van der Waals surface area contributed by atoms with Crippen LogP contribution in [-0.2, 0) is 13.0 Å². The molecule has 0 aliphatic carbocycles. The molecule has 0 unspecified atom stereocenters. The fourth-order valence-corrected chi connectivity index (χ4v) is 2.15. The minimum absolute atomic E-state index is 0.207. The molecule has 0 radical (unpaired) electrons. The van der Waals surface area contributed by atoms with Crippen molar-refractivity contribution < 1.29 is 5.11 Å². The van der Waals surface area contributed by atoms with Gasteiger partial charge in [0.05, 0.1) is 0 Å². The van der Waals surface area contributed by atoms with Crippen LogP contribution in [0.2, 0.25) is 0 Å². The monoisotopic (exact) mass is 247 g/mol. The molecule has 2 rings (SSSR count). The molecular formula is C14H21N3O. The lowest BCUT2D eigenvalue weighted by molar-refractivity contribution is 0.279. The van der Waals surface area contributed by atoms with Crippen molar-refractivity contribution in [3.63, 3.8) is 0 Å². The van der Waals surface area contributed by atoms with Gasteiger partial charge in [-0.15, -0.1) is 0 Å². The molecule has 0 bridgehead atoms. The SMILES string of the molecule is CCCCc1nc2cc(C)cnc2n1CCCO. The van der Waals surface area contributed by atoms with Gasteiger partial charge in [-0.1, -0.05) is 13.3 Å². The maximum Gasteiger partial charge on any atom is 0.160 e. The molecule has 0 spiro atoms. The number of imidazole rings is 1. The highest BCUT2D eigenvalue weighted by atomic mass is 16.3. The van der Waals surface area contributed by atoms with Crippen LogP contribution in [0.5, 0.6) is 0 Å². The lowest BCUT2D eigenvalue weighted by atomic mass is 10.2. The van der Waals surface area contributed by atoms with Crippen molar-refractivity contribution in [2.75, 3.05) is 6.61 Å². The first-order valence-corrected chi connectivity index (χ1v) is 6.69. The first-order chi connectivity index (χ1) is 8.76. The van der Waals surface area contributed by atoms with Gasteiger partial charge in [-0.2, -0.15) is 0 Å². The molecule has 0 fully saturated rings. The summed E-state index contributed by atoms with van der Waals surface area (Å²) in [6.07, 6.45) is 5.91. The van der Waals surface area contributed by atoms with E-state index in [0.29, 0.717) is 0 Å². The molecule has 0 atom stereocenters. The van der Waals surface area contributed by atoms with Gasteiger partial charge in [0.2, 0.25) is 0 Å². The van der Waals surface area contributed by atoms with Gasteiger partial charge in [-0.05, 0) is 31.4 Å². The molecule has 2 aromatic rings. The summed E-state index contributed by atoms with van der Waals surface area (Å²) in [6.45, 7) is 5.22. The molecule has 0 saturated carbocycles. The standard InChI is InChI=1S/C14H21N3O/c1-3-4-6-13-16-12-9-11(2)10-15-14(12)17(13)7-5-8-18/h9-10,18H,3-8H2,1-2H3. The van der Waals surface area contributed by atoms with E-state index in [-0.39, 0.29) is 6.61 Å². The molecular weight excluding hydrogens is 226 g/mol. The van der Waals surface area contributed by atoms with Gasteiger partial charge in [0.1, 0.15) is 11.3 Å². The number of fused-ring (bicyclic) bond motifs is 1. The zero-order valence-electron chi connectivity index (χ0n) is 11.2. The smallest absolute Gasteiger partial charge is 0.160 e. The predicted octanol–water partition coefficient (Wildman–Crippen LogP) is 2.46. The highest BCUT2D eigenvalue weighted by molar-refractivity contribution is 5.72. The summed E-state index contributed by atoms with van der Waals surface area (Å²) in [5, 5.41) is 8.99. The Morgan fingerprint density at radius 3 is 2.89 bits per heavy atom. The Hall–Kier alpha value is -1.42. The number of pyridine rings is 1. The maximum absolute atomic E-state index is 8.99. The van der Waals surface area contributed by atoms with Crippen molar-refractivity contribution in [1.82, 2.24) is 14.5 Å². The van der Waals surface area contributed by atoms with E-state index < -0.39 is 0 Å². The lowest BCUT2D eigenvalue weighted by Crippen LogP contribution is -2.06. The number of hydrogen-bond acceptors (Lipinski definition) is 3. The summed E-state index contributed by atoms with van der Waals surface area (Å²) in [5.41, 5.74) is 3.05. The molecule has 4 nitrogen and oxygen atoms in total. The average Bonchev–Trinajstić information content (AvgIpc) is 2.70. The molecule has 0 aliphatic heterocycles. The van der Waals surface area contributed by atoms with E-state index in [1.807, 2.05) is 13.1 Å². The van der Waals surface area contributed by atoms with E-state index in [1.165, 1.54) is 0 Å². The molecule has 0 saturated heterocycles. The van der Waals surface area contributed by atoms with Crippen LogP contribution in [-0.4, -0.2) is 26.2 Å². The molecule has 4 heteroatoms. The van der Waals surface area contributed by atoms with E-state index in [2.05, 4.69) is 27.5 Å². The minimum atomic E-state index is 0.207. The van der Waals surface area contributed by atoms with E-state index in [1.54, 1.807) is 0 Å². The predicted molar refractivity (Wildman–Crippen MR) is 72.6 cm³/mol. The zero-order valence-corrected chi connectivity index (χ0v) is 11.2. The summed E-state index contributed by atoms with van der Waals surface area (Å²) in [7, 11) is 0. The second-order valence-electron chi connectivity index (χ2n) is 4.72. The Kier molecular flexibility index (Phi) is 4.31. The Balaban J connectivity index is 2.39. The summed E-state index contributed by atoms with van der Waals surface area (Å²) in [5.74, 6) is 1.10. The van der Waals surface area contributed by atoms with Crippen LogP contribution in [0, 0.1) is 6.92 Å². The molecule has 18 heavy (non-hydrogen) atoms. The van der Waals surface area contributed by atoms with Gasteiger partial charge in [0.25, 0.3) is 0 Å². The quantitative estimate of drug-likeness (QED) is 0.853. The summed E-state index contributed by atoms with van der Waals surface area (Å²) >= 11 is 0. The fraction of sp³-hybridized carbons (Fsp3) is 0.571. The van der Waals surface area contributed by atoms with Crippen LogP contribution in [0.4, 0.5) is 0 Å². The third-order valence-corrected chi connectivity index (χ3v) is 3.09. The third-order valence-electron chi connectivity index (χ3n) is 3.09. The van der Waals surface area contributed by atoms with Gasteiger partial charge in [0, 0.05) is 25.8 Å². The van der Waals surface area contributed by atoms with E-state index in [9.17, 15) is 0 Å². The molecule has 2 aromatic heterocycles. The Labute approximate surface area is 108 Å². The van der Waals surface area contributed by atoms with Crippen molar-refractivity contribution in [2.24, 2.45) is 0 Å². The second kappa shape index (κ2) is 5.96. The number of hydrogen-bond donors (Lipinski definition) is 1. The number of nitrogens with zero attached hydrogens (tertiary/aromatic N) is 3. The zero-order chi connectivity index (χ0) is 13.0. The second-order valence-corrected chi connectivity index (χ2v) is 4.72. The lowest BCUT2D eigenvalue weighted by Gasteiger charge is -2.07. The Morgan fingerprint density at radius 1 is 1.33 bits per heavy atom. The highest BCUT2D eigenvalue weighted by Gasteiger charge is 2.11. The number of aromatic nitrogens is 3. The molecule has 0 aromatic carbocycles. The van der Waals surface area contributed by atoms with Crippen LogP contribution in [0.25, 0.3) is 11.2 Å². The van der Waals surface area contributed by atoms with E-state index in [4.69, 9.17) is 5.11 Å². The number of unbranched alkanes of at least 4 members (excludes halogenated alkanes) is 1. The number of rotatable bonds is 6.